The van der Waals surface area contributed by atoms with Gasteiger partial charge in [-0.05, 0) is 61.9 Å². The van der Waals surface area contributed by atoms with Gasteiger partial charge in [0.05, 0.1) is 6.61 Å². The van der Waals surface area contributed by atoms with Crippen molar-refractivity contribution in [2.24, 2.45) is 0 Å². The number of rotatable bonds is 7. The zero-order chi connectivity index (χ0) is 22.2. The molecule has 3 aromatic rings. The molecule has 6 heteroatoms. The van der Waals surface area contributed by atoms with Crippen molar-refractivity contribution >= 4 is 23.6 Å². The molecule has 158 valence electrons. The number of ether oxygens (including phenoxy) is 1. The summed E-state index contributed by atoms with van der Waals surface area (Å²) in [5.41, 5.74) is 2.66. The molecule has 0 aliphatic carbocycles. The second-order valence-electron chi connectivity index (χ2n) is 6.88. The number of hydrogen-bond donors (Lipinski definition) is 3. The van der Waals surface area contributed by atoms with Gasteiger partial charge in [0, 0.05) is 17.3 Å². The molecule has 0 aliphatic rings. The third-order valence-corrected chi connectivity index (χ3v) is 4.41. The predicted octanol–water partition coefficient (Wildman–Crippen LogP) is 4.51. The first-order valence-corrected chi connectivity index (χ1v) is 9.87. The average Bonchev–Trinajstić information content (AvgIpc) is 2.75. The standard InChI is InChI=1S/C25H24N2O4/c1-3-31-22-13-9-18(10-14-22)15-23(25(30)26-20-5-4-6-21(28)16-20)27-24(29)19-11-7-17(2)8-12-19/h4-16,28H,3H2,1-2H3,(H,26,30)(H,27,29)/b23-15-. The van der Waals surface area contributed by atoms with Gasteiger partial charge in [-0.3, -0.25) is 9.59 Å². The minimum absolute atomic E-state index is 0.0264. The summed E-state index contributed by atoms with van der Waals surface area (Å²) >= 11 is 0. The maximum atomic E-state index is 12.9. The van der Waals surface area contributed by atoms with E-state index in [4.69, 9.17) is 4.74 Å². The summed E-state index contributed by atoms with van der Waals surface area (Å²) in [6.45, 7) is 4.39. The number of carbonyl (C=O) groups excluding carboxylic acids is 2. The van der Waals surface area contributed by atoms with E-state index in [1.54, 1.807) is 54.6 Å². The maximum absolute atomic E-state index is 12.9. The van der Waals surface area contributed by atoms with Crippen molar-refractivity contribution in [2.45, 2.75) is 13.8 Å². The van der Waals surface area contributed by atoms with Gasteiger partial charge in [0.1, 0.15) is 17.2 Å². The molecule has 31 heavy (non-hydrogen) atoms. The van der Waals surface area contributed by atoms with Crippen LogP contribution in [0.1, 0.15) is 28.4 Å². The van der Waals surface area contributed by atoms with Gasteiger partial charge in [0.15, 0.2) is 0 Å². The van der Waals surface area contributed by atoms with E-state index in [0.29, 0.717) is 29.2 Å². The van der Waals surface area contributed by atoms with Gasteiger partial charge >= 0.3 is 0 Å². The van der Waals surface area contributed by atoms with Crippen LogP contribution in [-0.4, -0.2) is 23.5 Å². The summed E-state index contributed by atoms with van der Waals surface area (Å²) in [5, 5.41) is 15.0. The van der Waals surface area contributed by atoms with E-state index in [1.165, 1.54) is 12.1 Å². The van der Waals surface area contributed by atoms with Crippen LogP contribution >= 0.6 is 0 Å². The highest BCUT2D eigenvalue weighted by molar-refractivity contribution is 6.10. The Morgan fingerprint density at radius 2 is 1.71 bits per heavy atom. The van der Waals surface area contributed by atoms with Crippen LogP contribution in [-0.2, 0) is 4.79 Å². The summed E-state index contributed by atoms with van der Waals surface area (Å²) in [4.78, 5) is 25.6. The number of nitrogens with one attached hydrogen (secondary N) is 2. The van der Waals surface area contributed by atoms with Crippen LogP contribution < -0.4 is 15.4 Å². The van der Waals surface area contributed by atoms with Crippen LogP contribution in [0.3, 0.4) is 0 Å². The SMILES string of the molecule is CCOc1ccc(/C=C(\NC(=O)c2ccc(C)cc2)C(=O)Nc2cccc(O)c2)cc1. The predicted molar refractivity (Wildman–Crippen MR) is 121 cm³/mol. The Morgan fingerprint density at radius 3 is 2.35 bits per heavy atom. The molecule has 0 unspecified atom stereocenters. The Morgan fingerprint density at radius 1 is 1.00 bits per heavy atom. The lowest BCUT2D eigenvalue weighted by Gasteiger charge is -2.12. The molecule has 6 nitrogen and oxygen atoms in total. The molecule has 0 bridgehead atoms. The van der Waals surface area contributed by atoms with Crippen LogP contribution in [0, 0.1) is 6.92 Å². The molecule has 3 rings (SSSR count). The van der Waals surface area contributed by atoms with Crippen LogP contribution in [0.5, 0.6) is 11.5 Å². The van der Waals surface area contributed by atoms with Gasteiger partial charge in [-0.1, -0.05) is 35.9 Å². The second kappa shape index (κ2) is 10.1. The van der Waals surface area contributed by atoms with Gasteiger partial charge in [0.25, 0.3) is 11.8 Å². The van der Waals surface area contributed by atoms with Crippen LogP contribution in [0.15, 0.2) is 78.5 Å². The molecule has 0 atom stereocenters. The number of amides is 2. The van der Waals surface area contributed by atoms with E-state index in [0.717, 1.165) is 5.56 Å². The zero-order valence-electron chi connectivity index (χ0n) is 17.4. The summed E-state index contributed by atoms with van der Waals surface area (Å²) < 4.78 is 5.44. The van der Waals surface area contributed by atoms with Crippen molar-refractivity contribution in [1.82, 2.24) is 5.32 Å². The van der Waals surface area contributed by atoms with E-state index in [1.807, 2.05) is 26.0 Å². The Balaban J connectivity index is 1.87. The monoisotopic (exact) mass is 416 g/mol. The summed E-state index contributed by atoms with van der Waals surface area (Å²) in [6, 6.07) is 20.4. The van der Waals surface area contributed by atoms with Crippen molar-refractivity contribution in [3.8, 4) is 11.5 Å². The third kappa shape index (κ3) is 6.21. The summed E-state index contributed by atoms with van der Waals surface area (Å²) in [6.07, 6.45) is 1.58. The number of phenolic OH excluding ortho intramolecular Hbond substituents is 1. The highest BCUT2D eigenvalue weighted by Gasteiger charge is 2.15. The van der Waals surface area contributed by atoms with Crippen molar-refractivity contribution < 1.29 is 19.4 Å². The molecule has 0 fully saturated rings. The van der Waals surface area contributed by atoms with Crippen LogP contribution in [0.25, 0.3) is 6.08 Å². The largest absolute Gasteiger partial charge is 0.508 e. The topological polar surface area (TPSA) is 87.7 Å². The Hall–Kier alpha value is -4.06. The molecule has 3 aromatic carbocycles. The Kier molecular flexibility index (Phi) is 7.06. The molecule has 0 heterocycles. The fourth-order valence-electron chi connectivity index (χ4n) is 2.83. The summed E-state index contributed by atoms with van der Waals surface area (Å²) in [7, 11) is 0. The molecular weight excluding hydrogens is 392 g/mol. The maximum Gasteiger partial charge on any atom is 0.272 e. The van der Waals surface area contributed by atoms with E-state index >= 15 is 0 Å². The van der Waals surface area contributed by atoms with E-state index < -0.39 is 11.8 Å². The minimum atomic E-state index is -0.514. The van der Waals surface area contributed by atoms with Crippen molar-refractivity contribution in [3.63, 3.8) is 0 Å². The first-order valence-electron chi connectivity index (χ1n) is 9.87. The number of benzene rings is 3. The first kappa shape index (κ1) is 21.6. The van der Waals surface area contributed by atoms with Crippen molar-refractivity contribution in [1.29, 1.82) is 0 Å². The van der Waals surface area contributed by atoms with Gasteiger partial charge in [-0.15, -0.1) is 0 Å². The first-order chi connectivity index (χ1) is 14.9. The lowest BCUT2D eigenvalue weighted by atomic mass is 10.1. The van der Waals surface area contributed by atoms with Crippen LogP contribution in [0.4, 0.5) is 5.69 Å². The highest BCUT2D eigenvalue weighted by Crippen LogP contribution is 2.18. The third-order valence-electron chi connectivity index (χ3n) is 4.41. The number of carbonyl (C=O) groups is 2. The van der Waals surface area contributed by atoms with E-state index in [-0.39, 0.29) is 11.4 Å². The molecule has 0 saturated heterocycles. The van der Waals surface area contributed by atoms with Crippen molar-refractivity contribution in [2.75, 3.05) is 11.9 Å². The fourth-order valence-corrected chi connectivity index (χ4v) is 2.83. The Labute approximate surface area is 181 Å². The number of hydrogen-bond acceptors (Lipinski definition) is 4. The van der Waals surface area contributed by atoms with E-state index in [9.17, 15) is 14.7 Å². The molecule has 3 N–H and O–H groups in total. The molecule has 2 amide bonds. The molecular formula is C25H24N2O4. The van der Waals surface area contributed by atoms with Gasteiger partial charge in [-0.25, -0.2) is 0 Å². The molecule has 0 aromatic heterocycles. The lowest BCUT2D eigenvalue weighted by molar-refractivity contribution is -0.113. The van der Waals surface area contributed by atoms with Gasteiger partial charge < -0.3 is 20.5 Å². The lowest BCUT2D eigenvalue weighted by Crippen LogP contribution is -2.30. The number of aryl methyl sites for hydroxylation is 1. The van der Waals surface area contributed by atoms with Gasteiger partial charge in [-0.2, -0.15) is 0 Å². The normalized spacial score (nSPS) is 11.0. The molecule has 0 saturated carbocycles. The minimum Gasteiger partial charge on any atom is -0.508 e. The van der Waals surface area contributed by atoms with Gasteiger partial charge in [0.2, 0.25) is 0 Å². The molecule has 0 spiro atoms. The highest BCUT2D eigenvalue weighted by atomic mass is 16.5. The number of phenols is 1. The molecule has 0 aliphatic heterocycles. The molecule has 0 radical (unpaired) electrons. The smallest absolute Gasteiger partial charge is 0.272 e. The number of aromatic hydroxyl groups is 1. The summed E-state index contributed by atoms with van der Waals surface area (Å²) in [5.74, 6) is -0.171. The van der Waals surface area contributed by atoms with Crippen LogP contribution in [0.2, 0.25) is 0 Å². The van der Waals surface area contributed by atoms with E-state index in [2.05, 4.69) is 10.6 Å². The number of anilines is 1. The fraction of sp³-hybridized carbons (Fsp3) is 0.120. The zero-order valence-corrected chi connectivity index (χ0v) is 17.4. The van der Waals surface area contributed by atoms with Crippen molar-refractivity contribution in [3.05, 3.63) is 95.2 Å². The quantitative estimate of drug-likeness (QED) is 0.495. The average molecular weight is 416 g/mol. The Bertz CT molecular complexity index is 1090. The second-order valence-corrected chi connectivity index (χ2v) is 6.88.